The Kier molecular flexibility index (Phi) is 4.00. The molecule has 0 aromatic heterocycles. The number of carbonyl (C=O) groups is 1. The average molecular weight is 257 g/mol. The molecule has 0 saturated carbocycles. The summed E-state index contributed by atoms with van der Waals surface area (Å²) in [7, 11) is 0. The number of rotatable bonds is 3. The number of nitrogens with two attached hydrogens (primary N) is 2. The van der Waals surface area contributed by atoms with Crippen molar-refractivity contribution in [1.29, 1.82) is 0 Å². The smallest absolute Gasteiger partial charge is 0.429 e. The lowest BCUT2D eigenvalue weighted by atomic mass is 10.2. The summed E-state index contributed by atoms with van der Waals surface area (Å²) in [6, 6.07) is 16.0. The molecule has 0 radical (unpaired) electrons. The van der Waals surface area contributed by atoms with Gasteiger partial charge in [-0.1, -0.05) is 30.3 Å². The third kappa shape index (κ3) is 3.46. The summed E-state index contributed by atoms with van der Waals surface area (Å²) in [6.07, 6.45) is -0.617. The van der Waals surface area contributed by atoms with E-state index in [-0.39, 0.29) is 6.61 Å². The Bertz CT molecular complexity index is 540. The molecule has 0 aliphatic rings. The first kappa shape index (κ1) is 12.9. The molecule has 0 spiro atoms. The van der Waals surface area contributed by atoms with E-state index in [2.05, 4.69) is 0 Å². The molecule has 0 aliphatic carbocycles. The molecule has 0 aliphatic heterocycles. The van der Waals surface area contributed by atoms with Crippen molar-refractivity contribution in [2.24, 2.45) is 5.84 Å². The third-order valence-electron chi connectivity index (χ3n) is 2.57. The van der Waals surface area contributed by atoms with Crippen LogP contribution in [0.2, 0.25) is 0 Å². The van der Waals surface area contributed by atoms with Crippen molar-refractivity contribution in [3.63, 3.8) is 0 Å². The highest BCUT2D eigenvalue weighted by molar-refractivity contribution is 5.86. The first-order valence-corrected chi connectivity index (χ1v) is 5.78. The number of anilines is 2. The van der Waals surface area contributed by atoms with Crippen molar-refractivity contribution in [2.45, 2.75) is 6.61 Å². The van der Waals surface area contributed by atoms with Crippen molar-refractivity contribution >= 4 is 17.5 Å². The van der Waals surface area contributed by atoms with Crippen molar-refractivity contribution < 1.29 is 9.53 Å². The highest BCUT2D eigenvalue weighted by Crippen LogP contribution is 2.14. The fourth-order valence-electron chi connectivity index (χ4n) is 1.53. The molecule has 0 fully saturated rings. The number of nitrogen functional groups attached to an aromatic ring is 1. The van der Waals surface area contributed by atoms with E-state index in [0.29, 0.717) is 11.4 Å². The molecule has 98 valence electrons. The monoisotopic (exact) mass is 257 g/mol. The van der Waals surface area contributed by atoms with Gasteiger partial charge in [-0.25, -0.2) is 15.6 Å². The molecule has 1 amide bonds. The van der Waals surface area contributed by atoms with Crippen molar-refractivity contribution in [3.05, 3.63) is 60.2 Å². The molecule has 0 atom stereocenters. The normalized spacial score (nSPS) is 9.95. The molecule has 0 unspecified atom stereocenters. The SMILES string of the molecule is Nc1ccc(N(N)C(=O)OCc2ccccc2)cc1. The van der Waals surface area contributed by atoms with E-state index in [1.807, 2.05) is 30.3 Å². The molecule has 5 nitrogen and oxygen atoms in total. The maximum Gasteiger partial charge on any atom is 0.429 e. The van der Waals surface area contributed by atoms with Crippen LogP contribution in [0.5, 0.6) is 0 Å². The number of benzene rings is 2. The summed E-state index contributed by atoms with van der Waals surface area (Å²) in [6.45, 7) is 0.183. The first-order valence-electron chi connectivity index (χ1n) is 5.78. The lowest BCUT2D eigenvalue weighted by Crippen LogP contribution is -2.37. The Morgan fingerprint density at radius 3 is 2.32 bits per heavy atom. The van der Waals surface area contributed by atoms with Crippen LogP contribution < -0.4 is 16.6 Å². The Morgan fingerprint density at radius 1 is 1.05 bits per heavy atom. The standard InChI is InChI=1S/C14H15N3O2/c15-12-6-8-13(9-7-12)17(16)14(18)19-10-11-4-2-1-3-5-11/h1-9H,10,15-16H2. The first-order chi connectivity index (χ1) is 9.16. The molecule has 2 aromatic carbocycles. The molecule has 4 N–H and O–H groups in total. The molecule has 19 heavy (non-hydrogen) atoms. The number of hydrogen-bond acceptors (Lipinski definition) is 4. The number of hydrazine groups is 1. The van der Waals surface area contributed by atoms with Crippen molar-refractivity contribution in [2.75, 3.05) is 10.7 Å². The topological polar surface area (TPSA) is 81.6 Å². The summed E-state index contributed by atoms with van der Waals surface area (Å²) in [5.74, 6) is 5.67. The highest BCUT2D eigenvalue weighted by atomic mass is 16.6. The zero-order chi connectivity index (χ0) is 13.7. The van der Waals surface area contributed by atoms with Gasteiger partial charge in [-0.05, 0) is 29.8 Å². The van der Waals surface area contributed by atoms with Crippen LogP contribution in [-0.4, -0.2) is 6.09 Å². The van der Waals surface area contributed by atoms with Gasteiger partial charge in [0.15, 0.2) is 0 Å². The molecule has 0 bridgehead atoms. The zero-order valence-electron chi connectivity index (χ0n) is 10.3. The van der Waals surface area contributed by atoms with Crippen LogP contribution in [-0.2, 0) is 11.3 Å². The quantitative estimate of drug-likeness (QED) is 0.382. The van der Waals surface area contributed by atoms with E-state index in [1.54, 1.807) is 24.3 Å². The van der Waals surface area contributed by atoms with Gasteiger partial charge >= 0.3 is 6.09 Å². The van der Waals surface area contributed by atoms with Crippen LogP contribution in [0.15, 0.2) is 54.6 Å². The molecule has 0 heterocycles. The second-order valence-corrected chi connectivity index (χ2v) is 4.00. The van der Waals surface area contributed by atoms with E-state index in [0.717, 1.165) is 10.6 Å². The highest BCUT2D eigenvalue weighted by Gasteiger charge is 2.12. The maximum absolute atomic E-state index is 11.7. The summed E-state index contributed by atoms with van der Waals surface area (Å²) >= 11 is 0. The van der Waals surface area contributed by atoms with Crippen LogP contribution in [0.3, 0.4) is 0 Å². The summed E-state index contributed by atoms with van der Waals surface area (Å²) in [5.41, 5.74) is 7.59. The Hall–Kier alpha value is -2.53. The Labute approximate surface area is 111 Å². The molecular weight excluding hydrogens is 242 g/mol. The van der Waals surface area contributed by atoms with Crippen LogP contribution in [0, 0.1) is 0 Å². The second-order valence-electron chi connectivity index (χ2n) is 4.00. The van der Waals surface area contributed by atoms with Crippen molar-refractivity contribution in [3.8, 4) is 0 Å². The third-order valence-corrected chi connectivity index (χ3v) is 2.57. The van der Waals surface area contributed by atoms with E-state index >= 15 is 0 Å². The number of carbonyl (C=O) groups excluding carboxylic acids is 1. The lowest BCUT2D eigenvalue weighted by molar-refractivity contribution is 0.147. The minimum Gasteiger partial charge on any atom is -0.443 e. The van der Waals surface area contributed by atoms with Crippen LogP contribution >= 0.6 is 0 Å². The molecule has 2 aromatic rings. The number of ether oxygens (including phenoxy) is 1. The van der Waals surface area contributed by atoms with Gasteiger partial charge in [0.25, 0.3) is 0 Å². The average Bonchev–Trinajstić information content (AvgIpc) is 2.46. The van der Waals surface area contributed by atoms with Gasteiger partial charge in [0.1, 0.15) is 6.61 Å². The summed E-state index contributed by atoms with van der Waals surface area (Å²) in [5, 5.41) is 0.947. The van der Waals surface area contributed by atoms with Crippen LogP contribution in [0.1, 0.15) is 5.56 Å². The number of hydrogen-bond donors (Lipinski definition) is 2. The van der Waals surface area contributed by atoms with Gasteiger partial charge in [0.05, 0.1) is 5.69 Å². The van der Waals surface area contributed by atoms with Crippen molar-refractivity contribution in [1.82, 2.24) is 0 Å². The van der Waals surface area contributed by atoms with Gasteiger partial charge in [-0.15, -0.1) is 0 Å². The van der Waals surface area contributed by atoms with Gasteiger partial charge < -0.3 is 10.5 Å². The summed E-state index contributed by atoms with van der Waals surface area (Å²) < 4.78 is 5.11. The fraction of sp³-hybridized carbons (Fsp3) is 0.0714. The lowest BCUT2D eigenvalue weighted by Gasteiger charge is -2.16. The number of nitrogens with zero attached hydrogens (tertiary/aromatic N) is 1. The Balaban J connectivity index is 1.94. The van der Waals surface area contributed by atoms with E-state index in [1.165, 1.54) is 0 Å². The minimum atomic E-state index is -0.617. The molecule has 0 saturated heterocycles. The summed E-state index contributed by atoms with van der Waals surface area (Å²) in [4.78, 5) is 11.7. The van der Waals surface area contributed by atoms with E-state index in [9.17, 15) is 4.79 Å². The van der Waals surface area contributed by atoms with E-state index in [4.69, 9.17) is 16.3 Å². The maximum atomic E-state index is 11.7. The molecule has 2 rings (SSSR count). The predicted molar refractivity (Wildman–Crippen MR) is 74.1 cm³/mol. The van der Waals surface area contributed by atoms with Crippen LogP contribution in [0.4, 0.5) is 16.2 Å². The largest absolute Gasteiger partial charge is 0.443 e. The minimum absolute atomic E-state index is 0.183. The molecule has 5 heteroatoms. The van der Waals surface area contributed by atoms with Gasteiger partial charge in [-0.2, -0.15) is 0 Å². The van der Waals surface area contributed by atoms with Gasteiger partial charge in [-0.3, -0.25) is 0 Å². The van der Waals surface area contributed by atoms with E-state index < -0.39 is 6.09 Å². The molecular formula is C14H15N3O2. The van der Waals surface area contributed by atoms with Gasteiger partial charge in [0.2, 0.25) is 0 Å². The van der Waals surface area contributed by atoms with Crippen LogP contribution in [0.25, 0.3) is 0 Å². The second kappa shape index (κ2) is 5.88. The Morgan fingerprint density at radius 2 is 1.68 bits per heavy atom. The fourth-order valence-corrected chi connectivity index (χ4v) is 1.53. The predicted octanol–water partition coefficient (Wildman–Crippen LogP) is 2.29. The van der Waals surface area contributed by atoms with Gasteiger partial charge in [0, 0.05) is 5.69 Å². The zero-order valence-corrected chi connectivity index (χ0v) is 10.3. The number of amides is 1.